The maximum Gasteiger partial charge on any atom is 0.305 e. The van der Waals surface area contributed by atoms with E-state index in [0.29, 0.717) is 35.8 Å². The van der Waals surface area contributed by atoms with Gasteiger partial charge in [-0.1, -0.05) is 24.3 Å². The fraction of sp³-hybridized carbons (Fsp3) is 0.300. The number of carboxylic acid groups (broad SMARTS) is 1. The molecule has 6 heteroatoms. The molecule has 1 amide bonds. The number of hydrogen-bond donors (Lipinski definition) is 1. The molecule has 3 rings (SSSR count). The summed E-state index contributed by atoms with van der Waals surface area (Å²) in [5.74, 6) is -0.0130. The summed E-state index contributed by atoms with van der Waals surface area (Å²) in [6.07, 6.45) is -0.183. The van der Waals surface area contributed by atoms with Crippen LogP contribution in [0.15, 0.2) is 42.5 Å². The molecule has 1 aliphatic rings. The van der Waals surface area contributed by atoms with E-state index in [1.54, 1.807) is 36.3 Å². The van der Waals surface area contributed by atoms with Crippen LogP contribution < -0.4 is 9.47 Å². The van der Waals surface area contributed by atoms with Crippen molar-refractivity contribution in [2.45, 2.75) is 25.9 Å². The molecular formula is C20H21NO5. The highest BCUT2D eigenvalue weighted by molar-refractivity contribution is 5.98. The van der Waals surface area contributed by atoms with Crippen molar-refractivity contribution in [1.82, 2.24) is 4.90 Å². The van der Waals surface area contributed by atoms with Gasteiger partial charge in [0.15, 0.2) is 11.5 Å². The fourth-order valence-corrected chi connectivity index (χ4v) is 3.27. The molecule has 136 valence electrons. The molecule has 0 bridgehead atoms. The zero-order valence-corrected chi connectivity index (χ0v) is 14.8. The summed E-state index contributed by atoms with van der Waals surface area (Å²) in [7, 11) is 1.55. The molecule has 1 heterocycles. The van der Waals surface area contributed by atoms with Crippen LogP contribution in [0.1, 0.15) is 40.9 Å². The summed E-state index contributed by atoms with van der Waals surface area (Å²) in [6.45, 7) is 2.71. The van der Waals surface area contributed by atoms with Crippen LogP contribution in [0.25, 0.3) is 0 Å². The number of aliphatic carboxylic acids is 1. The quantitative estimate of drug-likeness (QED) is 0.825. The molecule has 0 saturated carbocycles. The van der Waals surface area contributed by atoms with E-state index in [9.17, 15) is 14.7 Å². The SMILES string of the molecule is CCOc1cc([C@@H](CC(=O)O)N2Cc3ccccc3C2=O)ccc1OC. The van der Waals surface area contributed by atoms with Crippen molar-refractivity contribution in [3.05, 3.63) is 59.2 Å². The van der Waals surface area contributed by atoms with E-state index in [0.717, 1.165) is 5.56 Å². The Balaban J connectivity index is 1.99. The lowest BCUT2D eigenvalue weighted by Gasteiger charge is -2.27. The zero-order chi connectivity index (χ0) is 18.7. The van der Waals surface area contributed by atoms with Crippen molar-refractivity contribution in [2.75, 3.05) is 13.7 Å². The minimum atomic E-state index is -0.965. The molecular weight excluding hydrogens is 334 g/mol. The van der Waals surface area contributed by atoms with Crippen molar-refractivity contribution in [3.63, 3.8) is 0 Å². The third kappa shape index (κ3) is 3.35. The molecule has 2 aromatic carbocycles. The summed E-state index contributed by atoms with van der Waals surface area (Å²) in [4.78, 5) is 25.9. The number of fused-ring (bicyclic) bond motifs is 1. The van der Waals surface area contributed by atoms with Crippen LogP contribution in [-0.4, -0.2) is 35.6 Å². The number of amides is 1. The Morgan fingerprint density at radius 3 is 2.65 bits per heavy atom. The number of ether oxygens (including phenoxy) is 2. The molecule has 0 aliphatic carbocycles. The molecule has 0 fully saturated rings. The second-order valence-electron chi connectivity index (χ2n) is 6.05. The highest BCUT2D eigenvalue weighted by Crippen LogP contribution is 2.37. The lowest BCUT2D eigenvalue weighted by atomic mass is 10.0. The topological polar surface area (TPSA) is 76.1 Å². The Hall–Kier alpha value is -3.02. The number of benzene rings is 2. The van der Waals surface area contributed by atoms with Crippen LogP contribution in [0.5, 0.6) is 11.5 Å². The highest BCUT2D eigenvalue weighted by Gasteiger charge is 2.34. The van der Waals surface area contributed by atoms with E-state index < -0.39 is 12.0 Å². The molecule has 0 spiro atoms. The summed E-state index contributed by atoms with van der Waals surface area (Å²) in [5, 5.41) is 9.39. The summed E-state index contributed by atoms with van der Waals surface area (Å²) in [6, 6.07) is 12.0. The number of carbonyl (C=O) groups is 2. The number of hydrogen-bond acceptors (Lipinski definition) is 4. The summed E-state index contributed by atoms with van der Waals surface area (Å²) >= 11 is 0. The van der Waals surface area contributed by atoms with Crippen molar-refractivity contribution >= 4 is 11.9 Å². The molecule has 1 atom stereocenters. The minimum Gasteiger partial charge on any atom is -0.493 e. The Bertz CT molecular complexity index is 833. The number of carboxylic acids is 1. The molecule has 2 aromatic rings. The van der Waals surface area contributed by atoms with Gasteiger partial charge in [-0.2, -0.15) is 0 Å². The number of rotatable bonds is 7. The van der Waals surface area contributed by atoms with Crippen LogP contribution in [0.2, 0.25) is 0 Å². The standard InChI is InChI=1S/C20H21NO5/c1-3-26-18-10-13(8-9-17(18)25-2)16(11-19(22)23)21-12-14-6-4-5-7-15(14)20(21)24/h4-10,16H,3,11-12H2,1-2H3,(H,22,23)/t16-/m1/s1. The van der Waals surface area contributed by atoms with Crippen molar-refractivity contribution in [2.24, 2.45) is 0 Å². The number of methoxy groups -OCH3 is 1. The second kappa shape index (κ2) is 7.47. The first-order chi connectivity index (χ1) is 12.5. The van der Waals surface area contributed by atoms with E-state index in [1.807, 2.05) is 25.1 Å². The maximum atomic E-state index is 12.8. The van der Waals surface area contributed by atoms with Crippen molar-refractivity contribution in [3.8, 4) is 11.5 Å². The monoisotopic (exact) mass is 355 g/mol. The normalized spacial score (nSPS) is 14.1. The molecule has 0 saturated heterocycles. The highest BCUT2D eigenvalue weighted by atomic mass is 16.5. The minimum absolute atomic E-state index is 0.152. The predicted octanol–water partition coefficient (Wildman–Crippen LogP) is 3.27. The predicted molar refractivity (Wildman–Crippen MR) is 95.5 cm³/mol. The Kier molecular flexibility index (Phi) is 5.11. The van der Waals surface area contributed by atoms with Gasteiger partial charge in [0, 0.05) is 12.1 Å². The van der Waals surface area contributed by atoms with Gasteiger partial charge in [-0.25, -0.2) is 0 Å². The van der Waals surface area contributed by atoms with Gasteiger partial charge in [0.1, 0.15) is 0 Å². The third-order valence-corrected chi connectivity index (χ3v) is 4.47. The van der Waals surface area contributed by atoms with Gasteiger partial charge in [0.2, 0.25) is 0 Å². The molecule has 0 aromatic heterocycles. The van der Waals surface area contributed by atoms with E-state index >= 15 is 0 Å². The average molecular weight is 355 g/mol. The fourth-order valence-electron chi connectivity index (χ4n) is 3.27. The first-order valence-electron chi connectivity index (χ1n) is 8.46. The van der Waals surface area contributed by atoms with E-state index in [4.69, 9.17) is 9.47 Å². The molecule has 26 heavy (non-hydrogen) atoms. The molecule has 0 unspecified atom stereocenters. The Labute approximate surface area is 152 Å². The summed E-state index contributed by atoms with van der Waals surface area (Å²) < 4.78 is 10.9. The van der Waals surface area contributed by atoms with Crippen molar-refractivity contribution in [1.29, 1.82) is 0 Å². The molecule has 0 radical (unpaired) electrons. The van der Waals surface area contributed by atoms with Gasteiger partial charge in [0.05, 0.1) is 26.2 Å². The van der Waals surface area contributed by atoms with Crippen LogP contribution in [-0.2, 0) is 11.3 Å². The average Bonchev–Trinajstić information content (AvgIpc) is 2.97. The van der Waals surface area contributed by atoms with Gasteiger partial charge in [-0.3, -0.25) is 9.59 Å². The van der Waals surface area contributed by atoms with Gasteiger partial charge in [0.25, 0.3) is 5.91 Å². The smallest absolute Gasteiger partial charge is 0.305 e. The van der Waals surface area contributed by atoms with Crippen LogP contribution in [0.4, 0.5) is 0 Å². The van der Waals surface area contributed by atoms with Gasteiger partial charge >= 0.3 is 5.97 Å². The van der Waals surface area contributed by atoms with Crippen LogP contribution >= 0.6 is 0 Å². The van der Waals surface area contributed by atoms with E-state index in [2.05, 4.69) is 0 Å². The molecule has 1 aliphatic heterocycles. The number of carbonyl (C=O) groups excluding carboxylic acids is 1. The van der Waals surface area contributed by atoms with E-state index in [1.165, 1.54) is 0 Å². The first-order valence-corrected chi connectivity index (χ1v) is 8.46. The largest absolute Gasteiger partial charge is 0.493 e. The maximum absolute atomic E-state index is 12.8. The van der Waals surface area contributed by atoms with E-state index in [-0.39, 0.29) is 12.3 Å². The Morgan fingerprint density at radius 1 is 1.23 bits per heavy atom. The first kappa shape index (κ1) is 17.8. The molecule has 1 N–H and O–H groups in total. The lowest BCUT2D eigenvalue weighted by Crippen LogP contribution is -2.31. The zero-order valence-electron chi connectivity index (χ0n) is 14.8. The van der Waals surface area contributed by atoms with Gasteiger partial charge in [-0.15, -0.1) is 0 Å². The second-order valence-corrected chi connectivity index (χ2v) is 6.05. The van der Waals surface area contributed by atoms with Crippen LogP contribution in [0.3, 0.4) is 0 Å². The summed E-state index contributed by atoms with van der Waals surface area (Å²) in [5.41, 5.74) is 2.24. The third-order valence-electron chi connectivity index (χ3n) is 4.47. The van der Waals surface area contributed by atoms with Gasteiger partial charge in [-0.05, 0) is 36.2 Å². The molecule has 6 nitrogen and oxygen atoms in total. The Morgan fingerprint density at radius 2 is 2.00 bits per heavy atom. The van der Waals surface area contributed by atoms with Crippen LogP contribution in [0, 0.1) is 0 Å². The van der Waals surface area contributed by atoms with Gasteiger partial charge < -0.3 is 19.5 Å². The lowest BCUT2D eigenvalue weighted by molar-refractivity contribution is -0.138. The number of nitrogens with zero attached hydrogens (tertiary/aromatic N) is 1. The van der Waals surface area contributed by atoms with Crippen molar-refractivity contribution < 1.29 is 24.2 Å².